The Hall–Kier alpha value is -4.30. The van der Waals surface area contributed by atoms with Gasteiger partial charge in [-0.1, -0.05) is 18.2 Å². The Labute approximate surface area is 192 Å². The van der Waals surface area contributed by atoms with E-state index in [1.807, 2.05) is 0 Å². The Morgan fingerprint density at radius 3 is 1.53 bits per heavy atom. The lowest BCUT2D eigenvalue weighted by Crippen LogP contribution is -2.36. The summed E-state index contributed by atoms with van der Waals surface area (Å²) in [7, 11) is -9.76. The van der Waals surface area contributed by atoms with Gasteiger partial charge in [-0.25, -0.2) is 0 Å². The van der Waals surface area contributed by atoms with Gasteiger partial charge in [-0.2, -0.15) is 16.8 Å². The zero-order valence-electron chi connectivity index (χ0n) is 16.8. The van der Waals surface area contributed by atoms with Gasteiger partial charge in [0.1, 0.15) is 5.58 Å². The number of para-hydroxylation sites is 1. The molecule has 0 bridgehead atoms. The Morgan fingerprint density at radius 1 is 0.676 bits per heavy atom. The number of sulfonamides is 2. The first-order valence-corrected chi connectivity index (χ1v) is 12.2. The van der Waals surface area contributed by atoms with Gasteiger partial charge in [0, 0.05) is 35.7 Å². The van der Waals surface area contributed by atoms with Crippen molar-refractivity contribution in [3.8, 4) is 0 Å². The fourth-order valence-corrected chi connectivity index (χ4v) is 6.64. The topological polar surface area (TPSA) is 171 Å². The Balaban J connectivity index is 1.92. The molecule has 0 atom stereocenters. The molecule has 0 saturated heterocycles. The van der Waals surface area contributed by atoms with Crippen molar-refractivity contribution in [2.24, 2.45) is 0 Å². The van der Waals surface area contributed by atoms with E-state index in [0.29, 0.717) is 5.39 Å². The molecule has 3 aromatic carbocycles. The molecule has 0 radical (unpaired) electrons. The monoisotopic (exact) mass is 503 g/mol. The molecule has 0 aliphatic heterocycles. The maximum atomic E-state index is 13.5. The van der Waals surface area contributed by atoms with Crippen LogP contribution in [-0.4, -0.2) is 26.7 Å². The minimum atomic E-state index is -4.88. The molecule has 34 heavy (non-hydrogen) atoms. The molecule has 0 unspecified atom stereocenters. The summed E-state index contributed by atoms with van der Waals surface area (Å²) in [6.45, 7) is 0. The highest BCUT2D eigenvalue weighted by molar-refractivity contribution is 8.10. The molecule has 0 fully saturated rings. The zero-order valence-corrected chi connectivity index (χ0v) is 18.5. The highest BCUT2D eigenvalue weighted by Crippen LogP contribution is 2.35. The van der Waals surface area contributed by atoms with Crippen molar-refractivity contribution >= 4 is 48.3 Å². The molecule has 0 amide bonds. The standard InChI is InChI=1S/C20H13N3O9S2/c24-21(25)15-5-9-17(10-6-15)33(28,29)23(20-13-14-3-1-2-4-19(14)32-20)34(30,31)18-11-7-16(8-12-18)22(26)27/h1-13H. The molecule has 0 saturated carbocycles. The van der Waals surface area contributed by atoms with Crippen molar-refractivity contribution in [1.29, 1.82) is 0 Å². The number of anilines is 1. The largest absolute Gasteiger partial charge is 0.438 e. The van der Waals surface area contributed by atoms with E-state index in [1.54, 1.807) is 18.2 Å². The summed E-state index contributed by atoms with van der Waals surface area (Å²) in [6.07, 6.45) is 0. The summed E-state index contributed by atoms with van der Waals surface area (Å²) >= 11 is 0. The van der Waals surface area contributed by atoms with Crippen LogP contribution in [0.25, 0.3) is 11.0 Å². The van der Waals surface area contributed by atoms with Gasteiger partial charge in [-0.05, 0) is 30.3 Å². The summed E-state index contributed by atoms with van der Waals surface area (Å²) in [6, 6.07) is 14.8. The summed E-state index contributed by atoms with van der Waals surface area (Å²) in [5.74, 6) is -0.557. The zero-order chi connectivity index (χ0) is 24.7. The fourth-order valence-electron chi connectivity index (χ4n) is 3.10. The van der Waals surface area contributed by atoms with Crippen molar-refractivity contribution < 1.29 is 31.1 Å². The Morgan fingerprint density at radius 2 is 1.12 bits per heavy atom. The fraction of sp³-hybridized carbons (Fsp3) is 0. The number of non-ortho nitro benzene ring substituents is 2. The van der Waals surface area contributed by atoms with Crippen LogP contribution in [0.2, 0.25) is 0 Å². The predicted octanol–water partition coefficient (Wildman–Crippen LogP) is 3.83. The number of furan rings is 1. The number of fused-ring (bicyclic) bond motifs is 1. The minimum Gasteiger partial charge on any atom is -0.438 e. The molecule has 12 nitrogen and oxygen atoms in total. The van der Waals surface area contributed by atoms with Gasteiger partial charge in [-0.15, -0.1) is 3.71 Å². The van der Waals surface area contributed by atoms with Crippen LogP contribution in [0.15, 0.2) is 93.1 Å². The number of nitro benzene ring substituents is 2. The molecular formula is C20H13N3O9S2. The average Bonchev–Trinajstić information content (AvgIpc) is 3.21. The van der Waals surface area contributed by atoms with E-state index in [-0.39, 0.29) is 9.29 Å². The van der Waals surface area contributed by atoms with Gasteiger partial charge < -0.3 is 4.42 Å². The number of rotatable bonds is 7. The molecule has 174 valence electrons. The van der Waals surface area contributed by atoms with Gasteiger partial charge in [0.2, 0.25) is 5.88 Å². The van der Waals surface area contributed by atoms with Crippen LogP contribution >= 0.6 is 0 Å². The van der Waals surface area contributed by atoms with Gasteiger partial charge in [0.25, 0.3) is 31.4 Å². The lowest BCUT2D eigenvalue weighted by molar-refractivity contribution is -0.385. The van der Waals surface area contributed by atoms with Crippen LogP contribution in [0.5, 0.6) is 0 Å². The summed E-state index contributed by atoms with van der Waals surface area (Å²) in [5.41, 5.74) is -0.583. The number of nitro groups is 2. The van der Waals surface area contributed by atoms with E-state index in [2.05, 4.69) is 0 Å². The van der Waals surface area contributed by atoms with Crippen LogP contribution in [0.3, 0.4) is 0 Å². The third-order valence-corrected chi connectivity index (χ3v) is 8.87. The lowest BCUT2D eigenvalue weighted by Gasteiger charge is -2.21. The number of hydrogen-bond acceptors (Lipinski definition) is 9. The molecule has 0 N–H and O–H groups in total. The molecular weight excluding hydrogens is 490 g/mol. The van der Waals surface area contributed by atoms with E-state index >= 15 is 0 Å². The van der Waals surface area contributed by atoms with E-state index in [0.717, 1.165) is 48.5 Å². The SMILES string of the molecule is O=[N+]([O-])c1ccc(S(=O)(=O)N(c2cc3ccccc3o2)S(=O)(=O)c2ccc([N+](=O)[O-])cc2)cc1. The first kappa shape index (κ1) is 22.9. The first-order chi connectivity index (χ1) is 16.0. The molecule has 4 aromatic rings. The smallest absolute Gasteiger partial charge is 0.280 e. The number of nitrogens with zero attached hydrogens (tertiary/aromatic N) is 3. The van der Waals surface area contributed by atoms with Crippen molar-refractivity contribution in [2.45, 2.75) is 9.79 Å². The number of benzene rings is 3. The lowest BCUT2D eigenvalue weighted by atomic mass is 10.3. The average molecular weight is 503 g/mol. The summed E-state index contributed by atoms with van der Waals surface area (Å²) < 4.78 is 59.6. The molecule has 0 aliphatic rings. The van der Waals surface area contributed by atoms with E-state index in [1.165, 1.54) is 12.1 Å². The first-order valence-electron chi connectivity index (χ1n) is 9.30. The van der Waals surface area contributed by atoms with E-state index in [4.69, 9.17) is 4.42 Å². The van der Waals surface area contributed by atoms with Crippen LogP contribution in [0, 0.1) is 20.2 Å². The van der Waals surface area contributed by atoms with Crippen molar-refractivity contribution in [3.05, 3.63) is 99.1 Å². The Kier molecular flexibility index (Phi) is 5.54. The van der Waals surface area contributed by atoms with Crippen LogP contribution in [0.1, 0.15) is 0 Å². The molecule has 14 heteroatoms. The van der Waals surface area contributed by atoms with E-state index in [9.17, 15) is 37.1 Å². The van der Waals surface area contributed by atoms with Gasteiger partial charge in [0.15, 0.2) is 0 Å². The van der Waals surface area contributed by atoms with Gasteiger partial charge in [0.05, 0.1) is 19.6 Å². The van der Waals surface area contributed by atoms with Crippen LogP contribution in [-0.2, 0) is 20.0 Å². The number of hydrogen-bond donors (Lipinski definition) is 0. The molecule has 4 rings (SSSR count). The maximum Gasteiger partial charge on any atom is 0.280 e. The normalized spacial score (nSPS) is 11.9. The third-order valence-electron chi connectivity index (χ3n) is 4.72. The van der Waals surface area contributed by atoms with Crippen molar-refractivity contribution in [1.82, 2.24) is 0 Å². The second-order valence-corrected chi connectivity index (χ2v) is 10.6. The van der Waals surface area contributed by atoms with E-state index < -0.39 is 56.9 Å². The van der Waals surface area contributed by atoms with Gasteiger partial charge in [-0.3, -0.25) is 20.2 Å². The van der Waals surface area contributed by atoms with Crippen molar-refractivity contribution in [3.63, 3.8) is 0 Å². The molecule has 0 aliphatic carbocycles. The highest BCUT2D eigenvalue weighted by atomic mass is 32.3. The quantitative estimate of drug-likeness (QED) is 0.268. The van der Waals surface area contributed by atoms with Gasteiger partial charge >= 0.3 is 0 Å². The minimum absolute atomic E-state index is 0.0579. The summed E-state index contributed by atoms with van der Waals surface area (Å²) in [4.78, 5) is 19.3. The summed E-state index contributed by atoms with van der Waals surface area (Å²) in [5, 5.41) is 22.3. The van der Waals surface area contributed by atoms with Crippen LogP contribution in [0.4, 0.5) is 17.3 Å². The molecule has 1 heterocycles. The second-order valence-electron chi connectivity index (χ2n) is 6.83. The van der Waals surface area contributed by atoms with Crippen molar-refractivity contribution in [2.75, 3.05) is 3.71 Å². The molecule has 1 aromatic heterocycles. The Bertz CT molecular complexity index is 1510. The molecule has 0 spiro atoms. The highest BCUT2D eigenvalue weighted by Gasteiger charge is 2.39. The van der Waals surface area contributed by atoms with Crippen LogP contribution < -0.4 is 3.71 Å². The predicted molar refractivity (Wildman–Crippen MR) is 119 cm³/mol. The second kappa shape index (κ2) is 8.24. The third kappa shape index (κ3) is 3.95. The maximum absolute atomic E-state index is 13.5.